The van der Waals surface area contributed by atoms with Gasteiger partial charge in [0.2, 0.25) is 0 Å². The first kappa shape index (κ1) is 10.5. The van der Waals surface area contributed by atoms with Gasteiger partial charge in [-0.2, -0.15) is 5.26 Å². The fourth-order valence-electron chi connectivity index (χ4n) is 0.868. The van der Waals surface area contributed by atoms with E-state index < -0.39 is 5.97 Å². The van der Waals surface area contributed by atoms with Gasteiger partial charge in [-0.1, -0.05) is 28.1 Å². The van der Waals surface area contributed by atoms with Gasteiger partial charge in [-0.25, -0.2) is 4.79 Å². The van der Waals surface area contributed by atoms with Crippen LogP contribution in [0.3, 0.4) is 0 Å². The summed E-state index contributed by atoms with van der Waals surface area (Å²) in [6.07, 6.45) is 1.33. The SMILES string of the molecule is N#C/C(=C\c1ccc(Br)cc1)C(=O)O. The number of carbonyl (C=O) groups is 1. The summed E-state index contributed by atoms with van der Waals surface area (Å²) in [6.45, 7) is 0. The van der Waals surface area contributed by atoms with Crippen molar-refractivity contribution in [2.24, 2.45) is 0 Å². The van der Waals surface area contributed by atoms with Crippen molar-refractivity contribution < 1.29 is 9.90 Å². The maximum absolute atomic E-state index is 10.5. The van der Waals surface area contributed by atoms with Gasteiger partial charge < -0.3 is 5.11 Å². The van der Waals surface area contributed by atoms with Crippen LogP contribution in [0, 0.1) is 11.3 Å². The summed E-state index contributed by atoms with van der Waals surface area (Å²) in [5.41, 5.74) is 0.416. The zero-order valence-electron chi connectivity index (χ0n) is 7.07. The second kappa shape index (κ2) is 4.58. The lowest BCUT2D eigenvalue weighted by Crippen LogP contribution is -1.97. The first-order chi connectivity index (χ1) is 6.63. The molecule has 0 atom stereocenters. The molecule has 0 aromatic heterocycles. The Balaban J connectivity index is 3.03. The normalized spacial score (nSPS) is 10.7. The average molecular weight is 252 g/mol. The molecule has 0 fully saturated rings. The van der Waals surface area contributed by atoms with Gasteiger partial charge in [0, 0.05) is 4.47 Å². The minimum atomic E-state index is -1.21. The summed E-state index contributed by atoms with van der Waals surface area (Å²) in [5, 5.41) is 17.1. The number of carboxylic acid groups (broad SMARTS) is 1. The highest BCUT2D eigenvalue weighted by atomic mass is 79.9. The van der Waals surface area contributed by atoms with Crippen LogP contribution in [0.4, 0.5) is 0 Å². The fourth-order valence-corrected chi connectivity index (χ4v) is 1.13. The number of benzene rings is 1. The number of rotatable bonds is 2. The van der Waals surface area contributed by atoms with E-state index in [0.29, 0.717) is 5.56 Å². The molecule has 4 heteroatoms. The number of halogens is 1. The van der Waals surface area contributed by atoms with Crippen molar-refractivity contribution in [3.8, 4) is 6.07 Å². The lowest BCUT2D eigenvalue weighted by molar-refractivity contribution is -0.132. The van der Waals surface area contributed by atoms with Crippen molar-refractivity contribution in [1.82, 2.24) is 0 Å². The molecule has 70 valence electrons. The Labute approximate surface area is 89.4 Å². The van der Waals surface area contributed by atoms with Crippen LogP contribution in [-0.4, -0.2) is 11.1 Å². The summed E-state index contributed by atoms with van der Waals surface area (Å²) in [7, 11) is 0. The van der Waals surface area contributed by atoms with Crippen LogP contribution < -0.4 is 0 Å². The minimum absolute atomic E-state index is 0.271. The molecule has 1 rings (SSSR count). The van der Waals surface area contributed by atoms with Gasteiger partial charge in [0.1, 0.15) is 11.6 Å². The molecule has 0 bridgehead atoms. The Morgan fingerprint density at radius 2 is 2.00 bits per heavy atom. The molecule has 0 saturated heterocycles. The molecule has 0 amide bonds. The molecule has 0 aliphatic carbocycles. The molecule has 3 nitrogen and oxygen atoms in total. The first-order valence-corrected chi connectivity index (χ1v) is 4.53. The first-order valence-electron chi connectivity index (χ1n) is 3.74. The number of nitriles is 1. The topological polar surface area (TPSA) is 61.1 Å². The molecule has 0 spiro atoms. The van der Waals surface area contributed by atoms with Crippen molar-refractivity contribution in [1.29, 1.82) is 5.26 Å². The van der Waals surface area contributed by atoms with Gasteiger partial charge in [0.05, 0.1) is 0 Å². The van der Waals surface area contributed by atoms with Gasteiger partial charge in [0.25, 0.3) is 0 Å². The Kier molecular flexibility index (Phi) is 3.43. The molecular formula is C10H6BrNO2. The molecule has 1 aromatic rings. The van der Waals surface area contributed by atoms with Crippen molar-refractivity contribution in [3.63, 3.8) is 0 Å². The number of hydrogen-bond donors (Lipinski definition) is 1. The van der Waals surface area contributed by atoms with Crippen molar-refractivity contribution >= 4 is 28.0 Å². The lowest BCUT2D eigenvalue weighted by atomic mass is 10.1. The molecular weight excluding hydrogens is 246 g/mol. The largest absolute Gasteiger partial charge is 0.477 e. The summed E-state index contributed by atoms with van der Waals surface area (Å²) < 4.78 is 0.906. The summed E-state index contributed by atoms with van der Waals surface area (Å²) >= 11 is 3.26. The van der Waals surface area contributed by atoms with Gasteiger partial charge in [-0.3, -0.25) is 0 Å². The fraction of sp³-hybridized carbons (Fsp3) is 0. The van der Waals surface area contributed by atoms with E-state index in [2.05, 4.69) is 15.9 Å². The summed E-state index contributed by atoms with van der Waals surface area (Å²) in [5.74, 6) is -1.21. The van der Waals surface area contributed by atoms with Crippen LogP contribution in [-0.2, 0) is 4.79 Å². The highest BCUT2D eigenvalue weighted by Crippen LogP contribution is 2.13. The number of hydrogen-bond acceptors (Lipinski definition) is 2. The van der Waals surface area contributed by atoms with Gasteiger partial charge >= 0.3 is 5.97 Å². The molecule has 0 unspecified atom stereocenters. The third-order valence-corrected chi connectivity index (χ3v) is 2.06. The third kappa shape index (κ3) is 2.71. The van der Waals surface area contributed by atoms with Crippen LogP contribution in [0.25, 0.3) is 6.08 Å². The van der Waals surface area contributed by atoms with E-state index in [1.54, 1.807) is 30.3 Å². The molecule has 0 saturated carbocycles. The van der Waals surface area contributed by atoms with E-state index in [1.165, 1.54) is 6.08 Å². The van der Waals surface area contributed by atoms with E-state index in [9.17, 15) is 4.79 Å². The maximum atomic E-state index is 10.5. The van der Waals surface area contributed by atoms with Crippen molar-refractivity contribution in [2.75, 3.05) is 0 Å². The Bertz CT molecular complexity index is 415. The Hall–Kier alpha value is -1.60. The number of carboxylic acids is 1. The Morgan fingerprint density at radius 1 is 1.43 bits per heavy atom. The minimum Gasteiger partial charge on any atom is -0.477 e. The highest BCUT2D eigenvalue weighted by Gasteiger charge is 2.04. The Morgan fingerprint density at radius 3 is 2.43 bits per heavy atom. The van der Waals surface area contributed by atoms with Crippen molar-refractivity contribution in [2.45, 2.75) is 0 Å². The van der Waals surface area contributed by atoms with Gasteiger partial charge in [-0.15, -0.1) is 0 Å². The van der Waals surface area contributed by atoms with Crippen LogP contribution >= 0.6 is 15.9 Å². The molecule has 0 heterocycles. The smallest absolute Gasteiger partial charge is 0.346 e. The molecule has 1 N–H and O–H groups in total. The van der Waals surface area contributed by atoms with E-state index in [0.717, 1.165) is 4.47 Å². The predicted molar refractivity (Wildman–Crippen MR) is 55.4 cm³/mol. The third-order valence-electron chi connectivity index (χ3n) is 1.53. The standard InChI is InChI=1S/C10H6BrNO2/c11-9-3-1-7(2-4-9)5-8(6-12)10(13)14/h1-5H,(H,13,14)/b8-5+. The number of nitrogens with zero attached hydrogens (tertiary/aromatic N) is 1. The van der Waals surface area contributed by atoms with E-state index in [4.69, 9.17) is 10.4 Å². The van der Waals surface area contributed by atoms with Crippen LogP contribution in [0.15, 0.2) is 34.3 Å². The lowest BCUT2D eigenvalue weighted by Gasteiger charge is -1.94. The van der Waals surface area contributed by atoms with Crippen LogP contribution in [0.5, 0.6) is 0 Å². The second-order valence-electron chi connectivity index (χ2n) is 2.53. The summed E-state index contributed by atoms with van der Waals surface area (Å²) in [6, 6.07) is 8.63. The van der Waals surface area contributed by atoms with Crippen LogP contribution in [0.1, 0.15) is 5.56 Å². The molecule has 1 aromatic carbocycles. The maximum Gasteiger partial charge on any atom is 0.346 e. The molecule has 0 aliphatic heterocycles. The quantitative estimate of drug-likeness (QED) is 0.649. The highest BCUT2D eigenvalue weighted by molar-refractivity contribution is 9.10. The molecule has 0 aliphatic rings. The summed E-state index contributed by atoms with van der Waals surface area (Å²) in [4.78, 5) is 10.5. The van der Waals surface area contributed by atoms with Crippen LogP contribution in [0.2, 0.25) is 0 Å². The monoisotopic (exact) mass is 251 g/mol. The molecule has 0 radical (unpaired) electrons. The van der Waals surface area contributed by atoms with E-state index in [1.807, 2.05) is 0 Å². The predicted octanol–water partition coefficient (Wildman–Crippen LogP) is 2.44. The zero-order valence-corrected chi connectivity index (χ0v) is 8.65. The second-order valence-corrected chi connectivity index (χ2v) is 3.44. The molecule has 14 heavy (non-hydrogen) atoms. The van der Waals surface area contributed by atoms with Crippen molar-refractivity contribution in [3.05, 3.63) is 39.9 Å². The van der Waals surface area contributed by atoms with E-state index in [-0.39, 0.29) is 5.57 Å². The van der Waals surface area contributed by atoms with Gasteiger partial charge in [0.15, 0.2) is 0 Å². The number of aliphatic carboxylic acids is 1. The average Bonchev–Trinajstić information content (AvgIpc) is 2.16. The van der Waals surface area contributed by atoms with E-state index >= 15 is 0 Å². The zero-order chi connectivity index (χ0) is 10.6. The van der Waals surface area contributed by atoms with Gasteiger partial charge in [-0.05, 0) is 23.8 Å².